The highest BCUT2D eigenvalue weighted by Gasteiger charge is 2.52. The smallest absolute Gasteiger partial charge is 0.249 e. The summed E-state index contributed by atoms with van der Waals surface area (Å²) < 4.78 is 11.7. The molecular weight excluding hydrogens is 352 g/mol. The Morgan fingerprint density at radius 3 is 2.89 bits per heavy atom. The molecule has 1 amide bonds. The fraction of sp³-hybridized carbons (Fsp3) is 0.435. The molecule has 2 saturated heterocycles. The van der Waals surface area contributed by atoms with E-state index >= 15 is 0 Å². The Labute approximate surface area is 165 Å². The van der Waals surface area contributed by atoms with Gasteiger partial charge in [0.15, 0.2) is 0 Å². The number of hydrogen-bond acceptors (Lipinski definition) is 4. The fourth-order valence-electron chi connectivity index (χ4n) is 5.02. The minimum Gasteiger partial charge on any atom is -0.493 e. The number of carbonyl (C=O) groups is 1. The van der Waals surface area contributed by atoms with Crippen molar-refractivity contribution >= 4 is 5.91 Å². The largest absolute Gasteiger partial charge is 0.493 e. The molecule has 0 radical (unpaired) electrons. The monoisotopic (exact) mass is 378 g/mol. The lowest BCUT2D eigenvalue weighted by molar-refractivity contribution is -0.183. The molecule has 0 unspecified atom stereocenters. The molecule has 0 saturated carbocycles. The van der Waals surface area contributed by atoms with Gasteiger partial charge in [-0.3, -0.25) is 9.69 Å². The molecule has 5 nitrogen and oxygen atoms in total. The number of piperidine rings is 1. The van der Waals surface area contributed by atoms with Crippen molar-refractivity contribution in [1.82, 2.24) is 9.80 Å². The van der Waals surface area contributed by atoms with E-state index in [1.807, 2.05) is 30.1 Å². The van der Waals surface area contributed by atoms with Gasteiger partial charge < -0.3 is 14.4 Å². The number of morpholine rings is 1. The summed E-state index contributed by atoms with van der Waals surface area (Å²) in [4.78, 5) is 16.9. The standard InChI is InChI=1S/C23H26N2O3/c1-24-22(26)16-28-21-15-25(11-10-23(21,24)19-5-3-2-4-6-19)14-17-7-8-20-18(13-17)9-12-27-20/h2-8,13,21H,9-12,14-16H2,1H3/t21-,23+/m1/s1. The first-order valence-corrected chi connectivity index (χ1v) is 10.1. The second kappa shape index (κ2) is 6.90. The van der Waals surface area contributed by atoms with Crippen LogP contribution in [0.5, 0.6) is 5.75 Å². The molecule has 0 bridgehead atoms. The van der Waals surface area contributed by atoms with Crippen LogP contribution in [-0.2, 0) is 28.0 Å². The van der Waals surface area contributed by atoms with E-state index < -0.39 is 0 Å². The maximum atomic E-state index is 12.5. The van der Waals surface area contributed by atoms with Crippen molar-refractivity contribution in [3.63, 3.8) is 0 Å². The van der Waals surface area contributed by atoms with Crippen molar-refractivity contribution in [2.24, 2.45) is 0 Å². The molecule has 0 N–H and O–H groups in total. The number of likely N-dealkylation sites (N-methyl/N-ethyl adjacent to an activating group) is 1. The number of benzene rings is 2. The Morgan fingerprint density at radius 2 is 2.04 bits per heavy atom. The zero-order valence-corrected chi connectivity index (χ0v) is 16.3. The predicted octanol–water partition coefficient (Wildman–Crippen LogP) is 2.58. The van der Waals surface area contributed by atoms with E-state index in [-0.39, 0.29) is 24.2 Å². The molecule has 5 heteroatoms. The van der Waals surface area contributed by atoms with Gasteiger partial charge in [0.2, 0.25) is 5.91 Å². The zero-order chi connectivity index (χ0) is 19.1. The molecule has 2 aromatic carbocycles. The first-order chi connectivity index (χ1) is 13.7. The van der Waals surface area contributed by atoms with Gasteiger partial charge in [-0.2, -0.15) is 0 Å². The van der Waals surface area contributed by atoms with Crippen LogP contribution >= 0.6 is 0 Å². The van der Waals surface area contributed by atoms with E-state index in [0.717, 1.165) is 44.8 Å². The average molecular weight is 378 g/mol. The molecular formula is C23H26N2O3. The number of rotatable bonds is 3. The maximum Gasteiger partial charge on any atom is 0.249 e. The van der Waals surface area contributed by atoms with E-state index in [1.165, 1.54) is 16.7 Å². The quantitative estimate of drug-likeness (QED) is 0.823. The Hall–Kier alpha value is -2.37. The second-order valence-corrected chi connectivity index (χ2v) is 8.07. The average Bonchev–Trinajstić information content (AvgIpc) is 3.20. The summed E-state index contributed by atoms with van der Waals surface area (Å²) in [6.07, 6.45) is 1.85. The van der Waals surface area contributed by atoms with Crippen LogP contribution in [0, 0.1) is 0 Å². The normalized spacial score (nSPS) is 27.2. The van der Waals surface area contributed by atoms with Gasteiger partial charge in [-0.15, -0.1) is 0 Å². The van der Waals surface area contributed by atoms with Gasteiger partial charge in [0, 0.05) is 33.1 Å². The molecule has 3 aliphatic rings. The van der Waals surface area contributed by atoms with Gasteiger partial charge in [0.05, 0.1) is 18.2 Å². The number of amides is 1. The summed E-state index contributed by atoms with van der Waals surface area (Å²) in [5, 5.41) is 0. The third-order valence-corrected chi connectivity index (χ3v) is 6.58. The highest BCUT2D eigenvalue weighted by atomic mass is 16.5. The molecule has 0 aliphatic carbocycles. The van der Waals surface area contributed by atoms with Gasteiger partial charge in [0.25, 0.3) is 0 Å². The summed E-state index contributed by atoms with van der Waals surface area (Å²) in [5.74, 6) is 1.09. The number of fused-ring (bicyclic) bond motifs is 2. The first kappa shape index (κ1) is 17.7. The van der Waals surface area contributed by atoms with Crippen LogP contribution < -0.4 is 4.74 Å². The minimum absolute atomic E-state index is 0.0240. The zero-order valence-electron chi connectivity index (χ0n) is 16.3. The first-order valence-electron chi connectivity index (χ1n) is 10.1. The van der Waals surface area contributed by atoms with Crippen molar-refractivity contribution in [1.29, 1.82) is 0 Å². The molecule has 2 fully saturated rings. The summed E-state index contributed by atoms with van der Waals surface area (Å²) in [5.41, 5.74) is 3.42. The lowest BCUT2D eigenvalue weighted by atomic mass is 9.76. The second-order valence-electron chi connectivity index (χ2n) is 8.07. The predicted molar refractivity (Wildman–Crippen MR) is 106 cm³/mol. The van der Waals surface area contributed by atoms with E-state index in [9.17, 15) is 4.79 Å². The van der Waals surface area contributed by atoms with Crippen molar-refractivity contribution in [2.75, 3.05) is 33.4 Å². The summed E-state index contributed by atoms with van der Waals surface area (Å²) in [7, 11) is 1.93. The molecule has 3 heterocycles. The van der Waals surface area contributed by atoms with Crippen LogP contribution in [0.1, 0.15) is 23.1 Å². The molecule has 2 atom stereocenters. The Bertz CT molecular complexity index is 885. The SMILES string of the molecule is CN1C(=O)CO[C@@H]2CN(Cc3ccc4c(c3)CCO4)CC[C@]21c1ccccc1. The van der Waals surface area contributed by atoms with Crippen LogP contribution in [0.2, 0.25) is 0 Å². The molecule has 146 valence electrons. The van der Waals surface area contributed by atoms with Crippen molar-refractivity contribution < 1.29 is 14.3 Å². The van der Waals surface area contributed by atoms with Gasteiger partial charge in [-0.05, 0) is 29.2 Å². The fourth-order valence-corrected chi connectivity index (χ4v) is 5.02. The Morgan fingerprint density at radius 1 is 1.18 bits per heavy atom. The summed E-state index contributed by atoms with van der Waals surface area (Å²) >= 11 is 0. The Kier molecular flexibility index (Phi) is 4.37. The molecule has 0 spiro atoms. The van der Waals surface area contributed by atoms with E-state index in [2.05, 4.69) is 35.2 Å². The van der Waals surface area contributed by atoms with E-state index in [4.69, 9.17) is 9.47 Å². The number of ether oxygens (including phenoxy) is 2. The van der Waals surface area contributed by atoms with Gasteiger partial charge in [-0.25, -0.2) is 0 Å². The highest BCUT2D eigenvalue weighted by molar-refractivity contribution is 5.79. The lowest BCUT2D eigenvalue weighted by Crippen LogP contribution is -2.66. The van der Waals surface area contributed by atoms with Crippen LogP contribution in [0.4, 0.5) is 0 Å². The molecule has 28 heavy (non-hydrogen) atoms. The summed E-state index contributed by atoms with van der Waals surface area (Å²) in [6, 6.07) is 16.9. The van der Waals surface area contributed by atoms with E-state index in [1.54, 1.807) is 0 Å². The number of hydrogen-bond donors (Lipinski definition) is 0. The van der Waals surface area contributed by atoms with Crippen molar-refractivity contribution in [3.8, 4) is 5.75 Å². The van der Waals surface area contributed by atoms with E-state index in [0.29, 0.717) is 0 Å². The lowest BCUT2D eigenvalue weighted by Gasteiger charge is -2.55. The third kappa shape index (κ3) is 2.81. The molecule has 0 aromatic heterocycles. The number of carbonyl (C=O) groups excluding carboxylic acids is 1. The van der Waals surface area contributed by atoms with Crippen LogP contribution in [0.3, 0.4) is 0 Å². The minimum atomic E-state index is -0.376. The summed E-state index contributed by atoms with van der Waals surface area (Å²) in [6.45, 7) is 3.61. The topological polar surface area (TPSA) is 42.0 Å². The van der Waals surface area contributed by atoms with Crippen molar-refractivity contribution in [3.05, 3.63) is 65.2 Å². The Balaban J connectivity index is 1.39. The van der Waals surface area contributed by atoms with Crippen LogP contribution in [0.15, 0.2) is 48.5 Å². The number of nitrogens with zero attached hydrogens (tertiary/aromatic N) is 2. The third-order valence-electron chi connectivity index (χ3n) is 6.58. The van der Waals surface area contributed by atoms with Crippen LogP contribution in [-0.4, -0.2) is 55.2 Å². The van der Waals surface area contributed by atoms with Crippen LogP contribution in [0.25, 0.3) is 0 Å². The van der Waals surface area contributed by atoms with Gasteiger partial charge in [-0.1, -0.05) is 42.5 Å². The molecule has 5 rings (SSSR count). The number of likely N-dealkylation sites (tertiary alicyclic amines) is 1. The molecule has 2 aromatic rings. The molecule has 3 aliphatic heterocycles. The van der Waals surface area contributed by atoms with Gasteiger partial charge in [0.1, 0.15) is 12.4 Å². The maximum absolute atomic E-state index is 12.5. The van der Waals surface area contributed by atoms with Crippen molar-refractivity contribution in [2.45, 2.75) is 31.0 Å². The van der Waals surface area contributed by atoms with Gasteiger partial charge >= 0.3 is 0 Å². The highest BCUT2D eigenvalue weighted by Crippen LogP contribution is 2.42.